The van der Waals surface area contributed by atoms with Crippen molar-refractivity contribution in [2.75, 3.05) is 11.9 Å². The maximum atomic E-state index is 11.9. The highest BCUT2D eigenvalue weighted by molar-refractivity contribution is 6.42. The minimum Gasteiger partial charge on any atom is -0.481 e. The molecular formula is C15H12Cl4N2O2. The lowest BCUT2D eigenvalue weighted by molar-refractivity contribution is -0.118. The van der Waals surface area contributed by atoms with Crippen LogP contribution in [0.5, 0.6) is 5.75 Å². The third-order valence-electron chi connectivity index (χ3n) is 3.06. The highest BCUT2D eigenvalue weighted by Gasteiger charge is 2.18. The molecule has 1 N–H and O–H groups in total. The molecule has 2 aromatic rings. The molecule has 0 saturated heterocycles. The quantitative estimate of drug-likeness (QED) is 0.763. The number of carbonyl (C=O) groups is 1. The van der Waals surface area contributed by atoms with E-state index in [9.17, 15) is 4.79 Å². The lowest BCUT2D eigenvalue weighted by Gasteiger charge is -2.15. The summed E-state index contributed by atoms with van der Waals surface area (Å²) in [4.78, 5) is 15.9. The molecule has 0 spiro atoms. The summed E-state index contributed by atoms with van der Waals surface area (Å²) >= 11 is 24.2. The zero-order valence-electron chi connectivity index (χ0n) is 12.2. The number of nitrogens with one attached hydrogen (secondary N) is 1. The predicted molar refractivity (Wildman–Crippen MR) is 94.3 cm³/mol. The number of benzene rings is 1. The first-order chi connectivity index (χ1) is 10.8. The molecular weight excluding hydrogens is 382 g/mol. The average molecular weight is 394 g/mol. The largest absolute Gasteiger partial charge is 0.481 e. The zero-order chi connectivity index (χ0) is 17.1. The second kappa shape index (κ2) is 7.58. The summed E-state index contributed by atoms with van der Waals surface area (Å²) in [5, 5.41) is 4.09. The molecule has 0 atom stereocenters. The Morgan fingerprint density at radius 1 is 1.09 bits per heavy atom. The van der Waals surface area contributed by atoms with Gasteiger partial charge in [-0.2, -0.15) is 0 Å². The van der Waals surface area contributed by atoms with Gasteiger partial charge in [0.2, 0.25) is 0 Å². The van der Waals surface area contributed by atoms with E-state index in [2.05, 4.69) is 10.3 Å². The Morgan fingerprint density at radius 3 is 2.22 bits per heavy atom. The van der Waals surface area contributed by atoms with E-state index in [1.54, 1.807) is 26.0 Å². The van der Waals surface area contributed by atoms with Gasteiger partial charge in [0, 0.05) is 11.2 Å². The number of aromatic nitrogens is 1. The van der Waals surface area contributed by atoms with E-state index in [1.807, 2.05) is 0 Å². The van der Waals surface area contributed by atoms with Crippen molar-refractivity contribution in [3.63, 3.8) is 0 Å². The smallest absolute Gasteiger partial charge is 0.263 e. The normalized spacial score (nSPS) is 10.5. The second-order valence-corrected chi connectivity index (χ2v) is 6.29. The molecule has 1 heterocycles. The third-order valence-corrected chi connectivity index (χ3v) is 4.76. The fraction of sp³-hybridized carbons (Fsp3) is 0.200. The molecule has 0 aliphatic carbocycles. The maximum absolute atomic E-state index is 11.9. The van der Waals surface area contributed by atoms with Crippen molar-refractivity contribution in [3.8, 4) is 5.75 Å². The van der Waals surface area contributed by atoms with Gasteiger partial charge in [-0.3, -0.25) is 4.79 Å². The monoisotopic (exact) mass is 392 g/mol. The van der Waals surface area contributed by atoms with Crippen molar-refractivity contribution in [3.05, 3.63) is 49.5 Å². The summed E-state index contributed by atoms with van der Waals surface area (Å²) in [6, 6.07) is 3.20. The zero-order valence-corrected chi connectivity index (χ0v) is 15.2. The summed E-state index contributed by atoms with van der Waals surface area (Å²) in [5.41, 5.74) is 1.29. The van der Waals surface area contributed by atoms with E-state index in [0.717, 1.165) is 0 Å². The fourth-order valence-corrected chi connectivity index (χ4v) is 2.74. The average Bonchev–Trinajstić information content (AvgIpc) is 2.53. The van der Waals surface area contributed by atoms with Gasteiger partial charge in [0.1, 0.15) is 5.82 Å². The van der Waals surface area contributed by atoms with Crippen LogP contribution >= 0.6 is 46.4 Å². The van der Waals surface area contributed by atoms with Crippen LogP contribution in [0, 0.1) is 13.8 Å². The van der Waals surface area contributed by atoms with Gasteiger partial charge in [0.05, 0.1) is 15.1 Å². The van der Waals surface area contributed by atoms with Crippen molar-refractivity contribution in [1.29, 1.82) is 0 Å². The number of anilines is 1. The van der Waals surface area contributed by atoms with Gasteiger partial charge in [0.25, 0.3) is 5.91 Å². The molecule has 0 unspecified atom stereocenters. The molecule has 1 aromatic heterocycles. The van der Waals surface area contributed by atoms with Crippen LogP contribution in [0.4, 0.5) is 5.82 Å². The number of hydrogen-bond donors (Lipinski definition) is 1. The Balaban J connectivity index is 2.09. The Labute approximate surface area is 153 Å². The van der Waals surface area contributed by atoms with Gasteiger partial charge < -0.3 is 10.1 Å². The molecule has 0 saturated carbocycles. The van der Waals surface area contributed by atoms with E-state index in [1.165, 1.54) is 6.20 Å². The number of rotatable bonds is 4. The lowest BCUT2D eigenvalue weighted by atomic mass is 10.1. The van der Waals surface area contributed by atoms with Crippen LogP contribution in [0.25, 0.3) is 0 Å². The van der Waals surface area contributed by atoms with Crippen LogP contribution in [-0.2, 0) is 4.79 Å². The molecule has 0 radical (unpaired) electrons. The standard InChI is InChI=1S/C15H12Cl4N2O2/c1-7-12(17)8(2)14(19)15(13(7)18)23-6-11(22)21-10-4-3-9(16)5-20-10/h3-5H,6H2,1-2H3,(H,20,21,22). The highest BCUT2D eigenvalue weighted by Crippen LogP contribution is 2.42. The van der Waals surface area contributed by atoms with Crippen molar-refractivity contribution >= 4 is 58.1 Å². The highest BCUT2D eigenvalue weighted by atomic mass is 35.5. The first-order valence-electron chi connectivity index (χ1n) is 6.49. The van der Waals surface area contributed by atoms with Crippen LogP contribution in [0.2, 0.25) is 20.1 Å². The molecule has 0 bridgehead atoms. The van der Waals surface area contributed by atoms with E-state index in [0.29, 0.717) is 27.0 Å². The number of pyridine rings is 1. The molecule has 0 fully saturated rings. The first-order valence-corrected chi connectivity index (χ1v) is 8.00. The SMILES string of the molecule is Cc1c(Cl)c(C)c(Cl)c(OCC(=O)Nc2ccc(Cl)cn2)c1Cl. The van der Waals surface area contributed by atoms with Gasteiger partial charge in [-0.1, -0.05) is 46.4 Å². The molecule has 8 heteroatoms. The Kier molecular flexibility index (Phi) is 5.98. The fourth-order valence-electron chi connectivity index (χ4n) is 1.80. The van der Waals surface area contributed by atoms with E-state index < -0.39 is 5.91 Å². The topological polar surface area (TPSA) is 51.2 Å². The molecule has 1 amide bonds. The lowest BCUT2D eigenvalue weighted by Crippen LogP contribution is -2.21. The minimum atomic E-state index is -0.405. The molecule has 0 aliphatic heterocycles. The number of nitrogens with zero attached hydrogens (tertiary/aromatic N) is 1. The number of ether oxygens (including phenoxy) is 1. The van der Waals surface area contributed by atoms with Gasteiger partial charge in [-0.25, -0.2) is 4.98 Å². The third kappa shape index (κ3) is 4.21. The number of carbonyl (C=O) groups excluding carboxylic acids is 1. The van der Waals surface area contributed by atoms with Crippen molar-refractivity contribution in [1.82, 2.24) is 4.98 Å². The minimum absolute atomic E-state index is 0.229. The van der Waals surface area contributed by atoms with Crippen molar-refractivity contribution in [2.45, 2.75) is 13.8 Å². The summed E-state index contributed by atoms with van der Waals surface area (Å²) in [6.45, 7) is 3.22. The summed E-state index contributed by atoms with van der Waals surface area (Å²) in [5.74, 6) is 0.188. The summed E-state index contributed by atoms with van der Waals surface area (Å²) in [7, 11) is 0. The summed E-state index contributed by atoms with van der Waals surface area (Å²) < 4.78 is 5.45. The van der Waals surface area contributed by atoms with E-state index in [4.69, 9.17) is 51.1 Å². The maximum Gasteiger partial charge on any atom is 0.263 e. The molecule has 2 rings (SSSR count). The number of hydrogen-bond acceptors (Lipinski definition) is 3. The van der Waals surface area contributed by atoms with Crippen LogP contribution in [0.3, 0.4) is 0 Å². The summed E-state index contributed by atoms with van der Waals surface area (Å²) in [6.07, 6.45) is 1.43. The predicted octanol–water partition coefficient (Wildman–Crippen LogP) is 5.33. The van der Waals surface area contributed by atoms with Gasteiger partial charge >= 0.3 is 0 Å². The van der Waals surface area contributed by atoms with E-state index >= 15 is 0 Å². The molecule has 4 nitrogen and oxygen atoms in total. The van der Waals surface area contributed by atoms with Crippen LogP contribution < -0.4 is 10.1 Å². The number of halogens is 4. The Bertz CT molecular complexity index is 719. The number of amides is 1. The van der Waals surface area contributed by atoms with Gasteiger partial charge in [-0.15, -0.1) is 0 Å². The molecule has 1 aromatic carbocycles. The van der Waals surface area contributed by atoms with Crippen molar-refractivity contribution in [2.24, 2.45) is 0 Å². The van der Waals surface area contributed by atoms with Crippen molar-refractivity contribution < 1.29 is 9.53 Å². The molecule has 0 aliphatic rings. The van der Waals surface area contributed by atoms with Crippen LogP contribution in [0.1, 0.15) is 11.1 Å². The van der Waals surface area contributed by atoms with Gasteiger partial charge in [-0.05, 0) is 37.1 Å². The Morgan fingerprint density at radius 2 is 1.70 bits per heavy atom. The van der Waals surface area contributed by atoms with Crippen LogP contribution in [0.15, 0.2) is 18.3 Å². The van der Waals surface area contributed by atoms with Crippen LogP contribution in [-0.4, -0.2) is 17.5 Å². The first kappa shape index (κ1) is 18.1. The molecule has 122 valence electrons. The molecule has 23 heavy (non-hydrogen) atoms. The Hall–Kier alpha value is -1.20. The van der Waals surface area contributed by atoms with E-state index in [-0.39, 0.29) is 22.4 Å². The van der Waals surface area contributed by atoms with Gasteiger partial charge in [0.15, 0.2) is 12.4 Å². The second-order valence-electron chi connectivity index (χ2n) is 4.72.